The third-order valence-corrected chi connectivity index (χ3v) is 12.0. The summed E-state index contributed by atoms with van der Waals surface area (Å²) in [4.78, 5) is 5.45. The van der Waals surface area contributed by atoms with Crippen molar-refractivity contribution in [2.75, 3.05) is 9.80 Å². The van der Waals surface area contributed by atoms with E-state index in [-0.39, 0.29) is 6.17 Å². The highest BCUT2D eigenvalue weighted by molar-refractivity contribution is 5.83. The van der Waals surface area contributed by atoms with Crippen LogP contribution in [0.4, 0.5) is 11.4 Å². The number of nitrogens with one attached hydrogen (secondary N) is 1. The molecule has 7 unspecified atom stereocenters. The lowest BCUT2D eigenvalue weighted by molar-refractivity contribution is 0.399. The standard InChI is InChI=1S/C45H43N3/c1-3-13-30(14-4-1)37-29-45(46-40-20-10-7-17-34(37)40)48-42-22-12-9-19-36(42)39-28-32(24-26-44(39)48)31-23-25-43-38(27-31)35-18-8-11-21-41(35)47(43)33-15-5-2-6-16-33/h1-5,7-9,11-14,17-19,21-28,33,35,39-41,44-46H,6,10,15-16,20,29H2. The molecule has 10 rings (SSSR count). The summed E-state index contributed by atoms with van der Waals surface area (Å²) in [5, 5.41) is 4.14. The second-order valence-electron chi connectivity index (χ2n) is 14.6. The zero-order valence-corrected chi connectivity index (χ0v) is 27.5. The lowest BCUT2D eigenvalue weighted by Crippen LogP contribution is -2.55. The van der Waals surface area contributed by atoms with Crippen molar-refractivity contribution in [3.8, 4) is 0 Å². The fraction of sp³-hybridized carbons (Fsp3) is 0.289. The van der Waals surface area contributed by atoms with Gasteiger partial charge in [0.25, 0.3) is 0 Å². The van der Waals surface area contributed by atoms with Gasteiger partial charge in [-0.25, -0.2) is 0 Å². The Morgan fingerprint density at radius 2 is 1.48 bits per heavy atom. The van der Waals surface area contributed by atoms with E-state index in [1.807, 2.05) is 0 Å². The second kappa shape index (κ2) is 11.5. The van der Waals surface area contributed by atoms with E-state index in [2.05, 4.69) is 155 Å². The SMILES string of the molecule is C1=CC2c3cc(C4=CC5c6ccccc6N(C6CC(c7ccccc7)=C7C=CCCC7N6)C5C=C4)ccc3N(C3CC=CCC3)C2C=C1. The van der Waals surface area contributed by atoms with Crippen LogP contribution >= 0.6 is 0 Å². The van der Waals surface area contributed by atoms with Crippen molar-refractivity contribution in [1.29, 1.82) is 0 Å². The lowest BCUT2D eigenvalue weighted by Gasteiger charge is -2.44. The zero-order chi connectivity index (χ0) is 31.6. The first-order valence-corrected chi connectivity index (χ1v) is 18.2. The van der Waals surface area contributed by atoms with Gasteiger partial charge in [-0.15, -0.1) is 0 Å². The summed E-state index contributed by atoms with van der Waals surface area (Å²) in [7, 11) is 0. The van der Waals surface area contributed by atoms with Crippen molar-refractivity contribution in [3.05, 3.63) is 167 Å². The van der Waals surface area contributed by atoms with Crippen LogP contribution in [0.25, 0.3) is 11.1 Å². The van der Waals surface area contributed by atoms with Gasteiger partial charge in [-0.2, -0.15) is 0 Å². The highest BCUT2D eigenvalue weighted by Gasteiger charge is 2.44. The van der Waals surface area contributed by atoms with Gasteiger partial charge in [-0.1, -0.05) is 121 Å². The number of benzene rings is 3. The fourth-order valence-electron chi connectivity index (χ4n) is 9.89. The molecule has 0 fully saturated rings. The maximum Gasteiger partial charge on any atom is 0.0848 e. The van der Waals surface area contributed by atoms with E-state index in [9.17, 15) is 0 Å². The lowest BCUT2D eigenvalue weighted by atomic mass is 9.82. The van der Waals surface area contributed by atoms with E-state index in [0.29, 0.717) is 36.0 Å². The Morgan fingerprint density at radius 3 is 2.40 bits per heavy atom. The number of nitrogens with zero attached hydrogens (tertiary/aromatic N) is 2. The van der Waals surface area contributed by atoms with Crippen LogP contribution in [0.15, 0.2) is 145 Å². The van der Waals surface area contributed by atoms with Crippen LogP contribution in [0.2, 0.25) is 0 Å². The predicted molar refractivity (Wildman–Crippen MR) is 200 cm³/mol. The molecule has 0 saturated carbocycles. The Bertz CT molecular complexity index is 1970. The van der Waals surface area contributed by atoms with Gasteiger partial charge in [0.15, 0.2) is 0 Å². The number of para-hydroxylation sites is 1. The molecule has 1 N–H and O–H groups in total. The summed E-state index contributed by atoms with van der Waals surface area (Å²) >= 11 is 0. The van der Waals surface area contributed by atoms with E-state index in [1.54, 1.807) is 0 Å². The van der Waals surface area contributed by atoms with Crippen LogP contribution in [-0.2, 0) is 0 Å². The van der Waals surface area contributed by atoms with E-state index >= 15 is 0 Å². The maximum absolute atomic E-state index is 4.14. The molecule has 7 aliphatic rings. The Morgan fingerprint density at radius 1 is 0.646 bits per heavy atom. The summed E-state index contributed by atoms with van der Waals surface area (Å²) < 4.78 is 0. The van der Waals surface area contributed by atoms with Gasteiger partial charge in [-0.05, 0) is 89.3 Å². The molecule has 0 aromatic heterocycles. The summed E-state index contributed by atoms with van der Waals surface area (Å²) in [5.74, 6) is 0.743. The van der Waals surface area contributed by atoms with Crippen molar-refractivity contribution in [3.63, 3.8) is 0 Å². The maximum atomic E-state index is 4.14. The van der Waals surface area contributed by atoms with Gasteiger partial charge in [-0.3, -0.25) is 5.32 Å². The van der Waals surface area contributed by atoms with Gasteiger partial charge < -0.3 is 9.80 Å². The molecule has 7 atom stereocenters. The fourth-order valence-corrected chi connectivity index (χ4v) is 9.89. The normalized spacial score (nSPS) is 30.9. The molecular weight excluding hydrogens is 583 g/mol. The van der Waals surface area contributed by atoms with Crippen molar-refractivity contribution in [1.82, 2.24) is 5.32 Å². The van der Waals surface area contributed by atoms with Crippen LogP contribution in [-0.4, -0.2) is 30.3 Å². The van der Waals surface area contributed by atoms with Gasteiger partial charge in [0.2, 0.25) is 0 Å². The molecule has 3 heteroatoms. The largest absolute Gasteiger partial charge is 0.361 e. The Labute approximate surface area is 285 Å². The second-order valence-corrected chi connectivity index (χ2v) is 14.6. The summed E-state index contributed by atoms with van der Waals surface area (Å²) in [6, 6.07) is 29.3. The minimum atomic E-state index is 0.236. The van der Waals surface area contributed by atoms with Crippen LogP contribution in [0.3, 0.4) is 0 Å². The first kappa shape index (κ1) is 28.4. The van der Waals surface area contributed by atoms with Crippen LogP contribution in [0.1, 0.15) is 72.6 Å². The molecule has 0 radical (unpaired) electrons. The zero-order valence-electron chi connectivity index (χ0n) is 27.5. The molecule has 0 amide bonds. The monoisotopic (exact) mass is 625 g/mol. The van der Waals surface area contributed by atoms with Crippen molar-refractivity contribution in [2.24, 2.45) is 0 Å². The number of fused-ring (bicyclic) bond motifs is 7. The number of allylic oxidation sites excluding steroid dienone is 6. The Kier molecular flexibility index (Phi) is 6.82. The number of rotatable bonds is 4. The van der Waals surface area contributed by atoms with Crippen molar-refractivity contribution >= 4 is 22.5 Å². The van der Waals surface area contributed by atoms with E-state index in [0.717, 1.165) is 25.7 Å². The predicted octanol–water partition coefficient (Wildman–Crippen LogP) is 9.61. The van der Waals surface area contributed by atoms with E-state index in [4.69, 9.17) is 0 Å². The van der Waals surface area contributed by atoms with Gasteiger partial charge >= 0.3 is 0 Å². The molecule has 3 heterocycles. The average Bonchev–Trinajstić information content (AvgIpc) is 3.67. The molecule has 3 aromatic carbocycles. The smallest absolute Gasteiger partial charge is 0.0848 e. The Hall–Kier alpha value is -4.60. The highest BCUT2D eigenvalue weighted by Crippen LogP contribution is 2.51. The molecule has 0 saturated heterocycles. The van der Waals surface area contributed by atoms with Crippen LogP contribution < -0.4 is 15.1 Å². The third-order valence-electron chi connectivity index (χ3n) is 12.0. The first-order chi connectivity index (χ1) is 23.8. The summed E-state index contributed by atoms with van der Waals surface area (Å²) in [5.41, 5.74) is 12.8. The summed E-state index contributed by atoms with van der Waals surface area (Å²) in [6.07, 6.45) is 33.4. The molecule has 3 aromatic rings. The van der Waals surface area contributed by atoms with E-state index < -0.39 is 0 Å². The average molecular weight is 626 g/mol. The molecule has 3 aliphatic heterocycles. The minimum absolute atomic E-state index is 0.236. The molecule has 3 nitrogen and oxygen atoms in total. The van der Waals surface area contributed by atoms with Crippen molar-refractivity contribution < 1.29 is 0 Å². The van der Waals surface area contributed by atoms with Gasteiger partial charge in [0.05, 0.1) is 18.2 Å². The third kappa shape index (κ3) is 4.51. The first-order valence-electron chi connectivity index (χ1n) is 18.2. The van der Waals surface area contributed by atoms with Crippen LogP contribution in [0.5, 0.6) is 0 Å². The molecule has 238 valence electrons. The number of hydrogen-bond donors (Lipinski definition) is 1. The van der Waals surface area contributed by atoms with Gasteiger partial charge in [0.1, 0.15) is 0 Å². The minimum Gasteiger partial charge on any atom is -0.361 e. The molecular formula is C45H43N3. The topological polar surface area (TPSA) is 18.5 Å². The summed E-state index contributed by atoms with van der Waals surface area (Å²) in [6.45, 7) is 0. The van der Waals surface area contributed by atoms with Gasteiger partial charge in [0, 0.05) is 41.7 Å². The van der Waals surface area contributed by atoms with E-state index in [1.165, 1.54) is 63.2 Å². The molecule has 48 heavy (non-hydrogen) atoms. The molecule has 0 spiro atoms. The van der Waals surface area contributed by atoms with Crippen molar-refractivity contribution in [2.45, 2.75) is 80.7 Å². The van der Waals surface area contributed by atoms with Crippen LogP contribution in [0, 0.1) is 0 Å². The highest BCUT2D eigenvalue weighted by atomic mass is 15.3. The quantitative estimate of drug-likeness (QED) is 0.291. The molecule has 0 bridgehead atoms. The Balaban J connectivity index is 0.993. The number of hydrogen-bond acceptors (Lipinski definition) is 3. The molecule has 4 aliphatic carbocycles. The number of anilines is 2.